The minimum absolute atomic E-state index is 0.413. The lowest BCUT2D eigenvalue weighted by Crippen LogP contribution is -2.33. The molecule has 0 bridgehead atoms. The van der Waals surface area contributed by atoms with Gasteiger partial charge in [0.1, 0.15) is 0 Å². The molecule has 0 saturated carbocycles. The van der Waals surface area contributed by atoms with Crippen molar-refractivity contribution in [2.45, 2.75) is 6.42 Å². The zero-order valence-corrected chi connectivity index (χ0v) is 7.16. The number of anilines is 2. The first kappa shape index (κ1) is 7.91. The molecule has 1 heterocycles. The Labute approximate surface area is 76.1 Å². The minimum Gasteiger partial charge on any atom is -0.399 e. The van der Waals surface area contributed by atoms with E-state index in [-0.39, 0.29) is 0 Å². The van der Waals surface area contributed by atoms with Gasteiger partial charge in [0.25, 0.3) is 0 Å². The molecule has 0 aromatic heterocycles. The molecule has 2 amide bonds. The lowest BCUT2D eigenvalue weighted by Gasteiger charge is -2.13. The SMILES string of the molecule is NC(=O)N1CCc2ccc(N)cc21. The first-order valence-electron chi connectivity index (χ1n) is 4.14. The van der Waals surface area contributed by atoms with Gasteiger partial charge in [-0.2, -0.15) is 0 Å². The van der Waals surface area contributed by atoms with Crippen molar-refractivity contribution < 1.29 is 4.79 Å². The van der Waals surface area contributed by atoms with Gasteiger partial charge in [-0.3, -0.25) is 4.90 Å². The number of fused-ring (bicyclic) bond motifs is 1. The standard InChI is InChI=1S/C9H11N3O/c10-7-2-1-6-3-4-12(9(11)13)8(6)5-7/h1-2,5H,3-4,10H2,(H2,11,13). The Bertz CT molecular complexity index is 362. The average Bonchev–Trinajstić information content (AvgIpc) is 2.46. The second kappa shape index (κ2) is 2.65. The summed E-state index contributed by atoms with van der Waals surface area (Å²) in [6, 6.07) is 5.15. The molecule has 2 rings (SSSR count). The van der Waals surface area contributed by atoms with Crippen LogP contribution in [0, 0.1) is 0 Å². The molecule has 1 aliphatic rings. The molecule has 0 fully saturated rings. The summed E-state index contributed by atoms with van der Waals surface area (Å²) in [6.45, 7) is 0.661. The van der Waals surface area contributed by atoms with Crippen LogP contribution in [0.3, 0.4) is 0 Å². The summed E-state index contributed by atoms with van der Waals surface area (Å²) >= 11 is 0. The lowest BCUT2D eigenvalue weighted by atomic mass is 10.1. The van der Waals surface area contributed by atoms with Crippen molar-refractivity contribution in [3.05, 3.63) is 23.8 Å². The van der Waals surface area contributed by atoms with E-state index in [2.05, 4.69) is 0 Å². The Morgan fingerprint density at radius 2 is 2.23 bits per heavy atom. The molecule has 0 unspecified atom stereocenters. The third-order valence-corrected chi connectivity index (χ3v) is 2.27. The van der Waals surface area contributed by atoms with E-state index < -0.39 is 6.03 Å². The van der Waals surface area contributed by atoms with E-state index in [4.69, 9.17) is 11.5 Å². The molecule has 4 heteroatoms. The van der Waals surface area contributed by atoms with Crippen LogP contribution in [-0.2, 0) is 6.42 Å². The molecule has 1 aromatic carbocycles. The van der Waals surface area contributed by atoms with Gasteiger partial charge in [-0.25, -0.2) is 4.79 Å². The van der Waals surface area contributed by atoms with Gasteiger partial charge in [-0.15, -0.1) is 0 Å². The van der Waals surface area contributed by atoms with Crippen LogP contribution < -0.4 is 16.4 Å². The molecule has 0 spiro atoms. The Morgan fingerprint density at radius 3 is 2.92 bits per heavy atom. The average molecular weight is 177 g/mol. The maximum Gasteiger partial charge on any atom is 0.319 e. The third-order valence-electron chi connectivity index (χ3n) is 2.27. The molecule has 4 nitrogen and oxygen atoms in total. The van der Waals surface area contributed by atoms with Crippen LogP contribution in [0.5, 0.6) is 0 Å². The summed E-state index contributed by atoms with van der Waals surface area (Å²) in [5, 5.41) is 0. The van der Waals surface area contributed by atoms with Crippen molar-refractivity contribution in [3.63, 3.8) is 0 Å². The van der Waals surface area contributed by atoms with Crippen molar-refractivity contribution in [1.82, 2.24) is 0 Å². The van der Waals surface area contributed by atoms with Crippen LogP contribution in [0.1, 0.15) is 5.56 Å². The van der Waals surface area contributed by atoms with E-state index in [1.165, 1.54) is 0 Å². The normalized spacial score (nSPS) is 14.3. The largest absolute Gasteiger partial charge is 0.399 e. The van der Waals surface area contributed by atoms with E-state index in [0.29, 0.717) is 12.2 Å². The van der Waals surface area contributed by atoms with Crippen molar-refractivity contribution in [3.8, 4) is 0 Å². The van der Waals surface area contributed by atoms with Gasteiger partial charge in [0.2, 0.25) is 0 Å². The highest BCUT2D eigenvalue weighted by Crippen LogP contribution is 2.29. The third kappa shape index (κ3) is 1.20. The van der Waals surface area contributed by atoms with E-state index >= 15 is 0 Å². The summed E-state index contributed by atoms with van der Waals surface area (Å²) in [4.78, 5) is 12.5. The van der Waals surface area contributed by atoms with Crippen molar-refractivity contribution in [2.24, 2.45) is 5.73 Å². The predicted molar refractivity (Wildman–Crippen MR) is 51.5 cm³/mol. The number of nitrogen functional groups attached to an aromatic ring is 1. The predicted octanol–water partition coefficient (Wildman–Crippen LogP) is 0.710. The van der Waals surface area contributed by atoms with Crippen LogP contribution in [0.15, 0.2) is 18.2 Å². The molecule has 68 valence electrons. The van der Waals surface area contributed by atoms with Gasteiger partial charge in [0.15, 0.2) is 0 Å². The molecular weight excluding hydrogens is 166 g/mol. The summed E-state index contributed by atoms with van der Waals surface area (Å²) in [5.41, 5.74) is 13.5. The van der Waals surface area contributed by atoms with Crippen LogP contribution in [0.2, 0.25) is 0 Å². The number of carbonyl (C=O) groups excluding carboxylic acids is 1. The molecular formula is C9H11N3O. The van der Waals surface area contributed by atoms with Crippen molar-refractivity contribution in [2.75, 3.05) is 17.2 Å². The highest BCUT2D eigenvalue weighted by molar-refractivity contribution is 5.93. The Kier molecular flexibility index (Phi) is 1.62. The number of hydrogen-bond donors (Lipinski definition) is 2. The van der Waals surface area contributed by atoms with Crippen LogP contribution in [0.25, 0.3) is 0 Å². The van der Waals surface area contributed by atoms with Gasteiger partial charge in [0, 0.05) is 12.2 Å². The Morgan fingerprint density at radius 1 is 1.46 bits per heavy atom. The smallest absolute Gasteiger partial charge is 0.319 e. The molecule has 0 atom stereocenters. The number of benzene rings is 1. The number of primary amides is 1. The number of urea groups is 1. The first-order valence-corrected chi connectivity index (χ1v) is 4.14. The molecule has 0 aliphatic carbocycles. The fraction of sp³-hybridized carbons (Fsp3) is 0.222. The van der Waals surface area contributed by atoms with Gasteiger partial charge in [-0.05, 0) is 24.1 Å². The zero-order chi connectivity index (χ0) is 9.42. The second-order valence-electron chi connectivity index (χ2n) is 3.13. The van der Waals surface area contributed by atoms with E-state index in [1.807, 2.05) is 12.1 Å². The number of nitrogens with zero attached hydrogens (tertiary/aromatic N) is 1. The fourth-order valence-corrected chi connectivity index (χ4v) is 1.63. The maximum absolute atomic E-state index is 11.0. The maximum atomic E-state index is 11.0. The van der Waals surface area contributed by atoms with Crippen LogP contribution >= 0.6 is 0 Å². The van der Waals surface area contributed by atoms with Gasteiger partial charge < -0.3 is 11.5 Å². The number of carbonyl (C=O) groups is 1. The number of hydrogen-bond acceptors (Lipinski definition) is 2. The Balaban J connectivity index is 2.46. The van der Waals surface area contributed by atoms with Crippen molar-refractivity contribution >= 4 is 17.4 Å². The second-order valence-corrected chi connectivity index (χ2v) is 3.13. The summed E-state index contributed by atoms with van der Waals surface area (Å²) in [7, 11) is 0. The zero-order valence-electron chi connectivity index (χ0n) is 7.16. The topological polar surface area (TPSA) is 72.4 Å². The van der Waals surface area contributed by atoms with Crippen LogP contribution in [-0.4, -0.2) is 12.6 Å². The lowest BCUT2D eigenvalue weighted by molar-refractivity contribution is 0.254. The summed E-state index contributed by atoms with van der Waals surface area (Å²) < 4.78 is 0. The molecule has 0 radical (unpaired) electrons. The van der Waals surface area contributed by atoms with E-state index in [1.54, 1.807) is 11.0 Å². The van der Waals surface area contributed by atoms with Crippen molar-refractivity contribution in [1.29, 1.82) is 0 Å². The molecule has 13 heavy (non-hydrogen) atoms. The minimum atomic E-state index is -0.413. The molecule has 1 aliphatic heterocycles. The first-order chi connectivity index (χ1) is 6.18. The van der Waals surface area contributed by atoms with Gasteiger partial charge >= 0.3 is 6.03 Å². The number of amides is 2. The summed E-state index contributed by atoms with van der Waals surface area (Å²) in [6.07, 6.45) is 0.860. The Hall–Kier alpha value is -1.71. The van der Waals surface area contributed by atoms with Gasteiger partial charge in [0.05, 0.1) is 5.69 Å². The fourth-order valence-electron chi connectivity index (χ4n) is 1.63. The number of rotatable bonds is 0. The monoisotopic (exact) mass is 177 g/mol. The molecule has 1 aromatic rings. The highest BCUT2D eigenvalue weighted by atomic mass is 16.2. The quantitative estimate of drug-likeness (QED) is 0.573. The van der Waals surface area contributed by atoms with Gasteiger partial charge in [-0.1, -0.05) is 6.07 Å². The van der Waals surface area contributed by atoms with E-state index in [9.17, 15) is 4.79 Å². The van der Waals surface area contributed by atoms with Crippen LogP contribution in [0.4, 0.5) is 16.2 Å². The summed E-state index contributed by atoms with van der Waals surface area (Å²) in [5.74, 6) is 0. The number of nitrogens with two attached hydrogens (primary N) is 2. The van der Waals surface area contributed by atoms with E-state index in [0.717, 1.165) is 17.7 Å². The molecule has 0 saturated heterocycles. The molecule has 4 N–H and O–H groups in total. The highest BCUT2D eigenvalue weighted by Gasteiger charge is 2.22.